The van der Waals surface area contributed by atoms with Crippen LogP contribution in [0.1, 0.15) is 36.0 Å². The van der Waals surface area contributed by atoms with Crippen LogP contribution in [0.25, 0.3) is 0 Å². The smallest absolute Gasteiger partial charge is 0.290 e. The Morgan fingerprint density at radius 1 is 1.44 bits per heavy atom. The summed E-state index contributed by atoms with van der Waals surface area (Å²) in [6.45, 7) is 2.24. The third-order valence-corrected chi connectivity index (χ3v) is 4.75. The van der Waals surface area contributed by atoms with Crippen LogP contribution < -0.4 is 0 Å². The van der Waals surface area contributed by atoms with Gasteiger partial charge in [0.05, 0.1) is 18.4 Å². The van der Waals surface area contributed by atoms with Crippen molar-refractivity contribution in [2.24, 2.45) is 0 Å². The first kappa shape index (κ1) is 18.9. The van der Waals surface area contributed by atoms with E-state index in [1.165, 1.54) is 6.20 Å². The van der Waals surface area contributed by atoms with Gasteiger partial charge >= 0.3 is 0 Å². The fourth-order valence-electron chi connectivity index (χ4n) is 3.66. The van der Waals surface area contributed by atoms with Gasteiger partial charge in [-0.05, 0) is 25.7 Å². The minimum Gasteiger partial charge on any atom is -0.483 e. The molecule has 1 unspecified atom stereocenters. The van der Waals surface area contributed by atoms with Crippen molar-refractivity contribution in [3.05, 3.63) is 18.0 Å². The maximum Gasteiger partial charge on any atom is 0.290 e. The van der Waals surface area contributed by atoms with Crippen LogP contribution in [-0.2, 0) is 14.3 Å². The maximum absolute atomic E-state index is 13.0. The van der Waals surface area contributed by atoms with Crippen molar-refractivity contribution >= 4 is 18.3 Å². The first-order valence-corrected chi connectivity index (χ1v) is 8.27. The van der Waals surface area contributed by atoms with E-state index in [2.05, 4.69) is 10.2 Å². The van der Waals surface area contributed by atoms with Gasteiger partial charge in [0, 0.05) is 32.9 Å². The minimum absolute atomic E-state index is 0.0742. The molecule has 9 nitrogen and oxygen atoms in total. The number of hydrogen-bond acceptors (Lipinski definition) is 5. The predicted octanol–water partition coefficient (Wildman–Crippen LogP) is 0.354. The van der Waals surface area contributed by atoms with Crippen molar-refractivity contribution < 1.29 is 24.2 Å². The molecule has 0 bridgehead atoms. The Kier molecular flexibility index (Phi) is 6.51. The summed E-state index contributed by atoms with van der Waals surface area (Å²) >= 11 is 0. The van der Waals surface area contributed by atoms with E-state index in [4.69, 9.17) is 14.6 Å². The normalized spacial score (nSPS) is 22.7. The van der Waals surface area contributed by atoms with E-state index in [0.717, 1.165) is 32.2 Å². The molecule has 0 aliphatic carbocycles. The number of rotatable bonds is 4. The van der Waals surface area contributed by atoms with Gasteiger partial charge in [0.1, 0.15) is 5.54 Å². The number of aromatic amines is 1. The zero-order chi connectivity index (χ0) is 18.3. The van der Waals surface area contributed by atoms with Gasteiger partial charge in [0.25, 0.3) is 12.4 Å². The van der Waals surface area contributed by atoms with Crippen molar-refractivity contribution in [3.63, 3.8) is 0 Å². The fourth-order valence-corrected chi connectivity index (χ4v) is 3.66. The Labute approximate surface area is 145 Å². The Hall–Kier alpha value is -2.42. The summed E-state index contributed by atoms with van der Waals surface area (Å²) in [6.07, 6.45) is 6.39. The SMILES string of the molecule is COCCN1CCCC2(CCCN2C(=O)c2cn[nH]c2)C1=O.O=CO. The van der Waals surface area contributed by atoms with E-state index in [-0.39, 0.29) is 18.3 Å². The summed E-state index contributed by atoms with van der Waals surface area (Å²) < 4.78 is 5.09. The molecular formula is C16H24N4O5. The highest BCUT2D eigenvalue weighted by Crippen LogP contribution is 2.39. The van der Waals surface area contributed by atoms with Crippen molar-refractivity contribution in [1.29, 1.82) is 0 Å². The number of hydrogen-bond donors (Lipinski definition) is 2. The van der Waals surface area contributed by atoms with E-state index in [1.54, 1.807) is 18.2 Å². The molecule has 2 amide bonds. The predicted molar refractivity (Wildman–Crippen MR) is 88.0 cm³/mol. The summed E-state index contributed by atoms with van der Waals surface area (Å²) in [4.78, 5) is 37.7. The number of nitrogens with zero attached hydrogens (tertiary/aromatic N) is 3. The lowest BCUT2D eigenvalue weighted by Gasteiger charge is -2.44. The third kappa shape index (κ3) is 3.81. The summed E-state index contributed by atoms with van der Waals surface area (Å²) in [5.74, 6) is -0.0293. The number of piperidine rings is 1. The quantitative estimate of drug-likeness (QED) is 0.756. The van der Waals surface area contributed by atoms with E-state index < -0.39 is 5.54 Å². The summed E-state index contributed by atoms with van der Waals surface area (Å²) in [6, 6.07) is 0. The molecular weight excluding hydrogens is 328 g/mol. The van der Waals surface area contributed by atoms with Crippen molar-refractivity contribution in [2.45, 2.75) is 31.2 Å². The van der Waals surface area contributed by atoms with E-state index >= 15 is 0 Å². The number of nitrogens with one attached hydrogen (secondary N) is 1. The van der Waals surface area contributed by atoms with Crippen molar-refractivity contribution in [3.8, 4) is 0 Å². The molecule has 0 saturated carbocycles. The van der Waals surface area contributed by atoms with Gasteiger partial charge in [-0.2, -0.15) is 5.10 Å². The second-order valence-electron chi connectivity index (χ2n) is 6.07. The molecule has 138 valence electrons. The van der Waals surface area contributed by atoms with Gasteiger partial charge in [-0.1, -0.05) is 0 Å². The van der Waals surface area contributed by atoms with Crippen LogP contribution in [0.4, 0.5) is 0 Å². The number of methoxy groups -OCH3 is 1. The van der Waals surface area contributed by atoms with Gasteiger partial charge in [0.15, 0.2) is 0 Å². The molecule has 3 heterocycles. The van der Waals surface area contributed by atoms with E-state index in [9.17, 15) is 9.59 Å². The Balaban J connectivity index is 0.000000701. The molecule has 1 spiro atoms. The summed E-state index contributed by atoms with van der Waals surface area (Å²) in [7, 11) is 1.63. The van der Waals surface area contributed by atoms with Gasteiger partial charge in [-0.15, -0.1) is 0 Å². The molecule has 0 radical (unpaired) electrons. The van der Waals surface area contributed by atoms with Crippen LogP contribution in [0, 0.1) is 0 Å². The van der Waals surface area contributed by atoms with E-state index in [0.29, 0.717) is 25.3 Å². The highest BCUT2D eigenvalue weighted by atomic mass is 16.5. The van der Waals surface area contributed by atoms with Crippen molar-refractivity contribution in [2.75, 3.05) is 33.4 Å². The Morgan fingerprint density at radius 3 is 2.72 bits per heavy atom. The van der Waals surface area contributed by atoms with Gasteiger partial charge in [-0.3, -0.25) is 19.5 Å². The number of aromatic nitrogens is 2. The van der Waals surface area contributed by atoms with Crippen LogP contribution in [0.3, 0.4) is 0 Å². The van der Waals surface area contributed by atoms with Crippen LogP contribution >= 0.6 is 0 Å². The first-order valence-electron chi connectivity index (χ1n) is 8.27. The zero-order valence-electron chi connectivity index (χ0n) is 14.3. The largest absolute Gasteiger partial charge is 0.483 e. The number of H-pyrrole nitrogens is 1. The highest BCUT2D eigenvalue weighted by Gasteiger charge is 2.52. The summed E-state index contributed by atoms with van der Waals surface area (Å²) in [5.41, 5.74) is -0.150. The lowest BCUT2D eigenvalue weighted by molar-refractivity contribution is -0.146. The molecule has 2 N–H and O–H groups in total. The molecule has 1 aromatic heterocycles. The summed E-state index contributed by atoms with van der Waals surface area (Å²) in [5, 5.41) is 13.4. The molecule has 25 heavy (non-hydrogen) atoms. The van der Waals surface area contributed by atoms with Crippen molar-refractivity contribution in [1.82, 2.24) is 20.0 Å². The number of carbonyl (C=O) groups is 3. The van der Waals surface area contributed by atoms with Crippen LogP contribution in [0.2, 0.25) is 0 Å². The topological polar surface area (TPSA) is 116 Å². The standard InChI is InChI=1S/C15H22N4O3.CH2O2/c1-22-9-8-18-6-2-4-15(14(18)21)5-3-7-19(15)13(20)12-10-16-17-11-12;2-1-3/h10-11H,2-9H2,1H3,(H,16,17);1H,(H,2,3). The molecule has 2 saturated heterocycles. The first-order chi connectivity index (χ1) is 12.1. The fraction of sp³-hybridized carbons (Fsp3) is 0.625. The molecule has 3 rings (SSSR count). The number of likely N-dealkylation sites (tertiary alicyclic amines) is 2. The second kappa shape index (κ2) is 8.61. The van der Waals surface area contributed by atoms with Gasteiger partial charge in [-0.25, -0.2) is 0 Å². The second-order valence-corrected chi connectivity index (χ2v) is 6.07. The van der Waals surface area contributed by atoms with E-state index in [1.807, 2.05) is 4.90 Å². The molecule has 0 aromatic carbocycles. The zero-order valence-corrected chi connectivity index (χ0v) is 14.3. The average Bonchev–Trinajstić information content (AvgIpc) is 3.27. The van der Waals surface area contributed by atoms with Gasteiger partial charge < -0.3 is 19.6 Å². The van der Waals surface area contributed by atoms with Crippen LogP contribution in [-0.4, -0.2) is 82.3 Å². The molecule has 2 aliphatic heterocycles. The van der Waals surface area contributed by atoms with Gasteiger partial charge in [0.2, 0.25) is 5.91 Å². The minimum atomic E-state index is -0.666. The molecule has 2 fully saturated rings. The highest BCUT2D eigenvalue weighted by molar-refractivity contribution is 5.99. The number of ether oxygens (including phenoxy) is 1. The number of amides is 2. The lowest BCUT2D eigenvalue weighted by atomic mass is 9.85. The number of carbonyl (C=O) groups excluding carboxylic acids is 2. The van der Waals surface area contributed by atoms with Crippen LogP contribution in [0.15, 0.2) is 12.4 Å². The monoisotopic (exact) mass is 352 g/mol. The molecule has 1 aromatic rings. The number of carboxylic acid groups (broad SMARTS) is 1. The average molecular weight is 352 g/mol. The molecule has 9 heteroatoms. The Bertz CT molecular complexity index is 591. The lowest BCUT2D eigenvalue weighted by Crippen LogP contribution is -2.61. The molecule has 1 atom stereocenters. The maximum atomic E-state index is 13.0. The molecule has 2 aliphatic rings. The Morgan fingerprint density at radius 2 is 2.12 bits per heavy atom. The van der Waals surface area contributed by atoms with Crippen LogP contribution in [0.5, 0.6) is 0 Å². The third-order valence-electron chi connectivity index (χ3n) is 4.75.